The quantitative estimate of drug-likeness (QED) is 0.226. The molecule has 0 radical (unpaired) electrons. The van der Waals surface area contributed by atoms with Crippen molar-refractivity contribution in [2.45, 2.75) is 97.4 Å². The van der Waals surface area contributed by atoms with E-state index in [1.807, 2.05) is 13.8 Å². The lowest BCUT2D eigenvalue weighted by molar-refractivity contribution is -0.268. The van der Waals surface area contributed by atoms with Gasteiger partial charge in [0.05, 0.1) is 6.10 Å². The van der Waals surface area contributed by atoms with Crippen LogP contribution in [0.2, 0.25) is 0 Å². The van der Waals surface area contributed by atoms with Crippen LogP contribution >= 0.6 is 0 Å². The minimum absolute atomic E-state index is 0.128. The molecule has 200 valence electrons. The van der Waals surface area contributed by atoms with Crippen LogP contribution in [-0.4, -0.2) is 62.2 Å². The SMILES string of the molecule is C/C(=C/CC/C(C)=C/CC/C(C)=C/Cc1cc(O)c(C)cc1O[C@@H]1O[C@@H](C)[C@H](O)[C@@H](O)[C@H]1O)C(=O)O. The van der Waals surface area contributed by atoms with Crippen LogP contribution in [0.1, 0.15) is 64.5 Å². The summed E-state index contributed by atoms with van der Waals surface area (Å²) in [5.74, 6) is -0.334. The van der Waals surface area contributed by atoms with Gasteiger partial charge in [-0.05, 0) is 84.4 Å². The molecule has 8 heteroatoms. The Balaban J connectivity index is 2.01. The van der Waals surface area contributed by atoms with E-state index < -0.39 is 36.7 Å². The van der Waals surface area contributed by atoms with Gasteiger partial charge in [-0.25, -0.2) is 4.79 Å². The Morgan fingerprint density at radius 2 is 1.58 bits per heavy atom. The summed E-state index contributed by atoms with van der Waals surface area (Å²) in [5, 5.41) is 49.4. The lowest BCUT2D eigenvalue weighted by atomic mass is 9.99. The molecule has 0 aromatic heterocycles. The number of benzene rings is 1. The molecule has 1 aromatic rings. The largest absolute Gasteiger partial charge is 0.508 e. The van der Waals surface area contributed by atoms with Crippen molar-refractivity contribution in [1.82, 2.24) is 0 Å². The summed E-state index contributed by atoms with van der Waals surface area (Å²) in [7, 11) is 0. The summed E-state index contributed by atoms with van der Waals surface area (Å²) in [4.78, 5) is 10.8. The van der Waals surface area contributed by atoms with Crippen molar-refractivity contribution in [1.29, 1.82) is 0 Å². The van der Waals surface area contributed by atoms with E-state index >= 15 is 0 Å². The highest BCUT2D eigenvalue weighted by Crippen LogP contribution is 2.32. The number of rotatable bonds is 11. The molecule has 0 saturated carbocycles. The summed E-state index contributed by atoms with van der Waals surface area (Å²) in [5.41, 5.74) is 4.04. The molecule has 0 unspecified atom stereocenters. The van der Waals surface area contributed by atoms with Crippen LogP contribution in [0.4, 0.5) is 0 Å². The molecule has 0 aliphatic carbocycles. The molecule has 1 aliphatic rings. The van der Waals surface area contributed by atoms with Gasteiger partial charge in [-0.1, -0.05) is 29.4 Å². The number of phenols is 1. The molecule has 5 atom stereocenters. The maximum atomic E-state index is 10.8. The Morgan fingerprint density at radius 3 is 2.22 bits per heavy atom. The van der Waals surface area contributed by atoms with Gasteiger partial charge in [0, 0.05) is 11.1 Å². The molecule has 2 rings (SSSR count). The van der Waals surface area contributed by atoms with Gasteiger partial charge in [0.2, 0.25) is 6.29 Å². The second-order valence-corrected chi connectivity index (χ2v) is 9.62. The molecule has 1 aromatic carbocycles. The monoisotopic (exact) mass is 504 g/mol. The summed E-state index contributed by atoms with van der Waals surface area (Å²) < 4.78 is 11.5. The third kappa shape index (κ3) is 8.48. The number of hydrogen-bond donors (Lipinski definition) is 5. The number of carbonyl (C=O) groups is 1. The average molecular weight is 505 g/mol. The number of aliphatic hydroxyl groups is 3. The number of allylic oxidation sites excluding steroid dienone is 5. The van der Waals surface area contributed by atoms with E-state index in [4.69, 9.17) is 14.6 Å². The van der Waals surface area contributed by atoms with E-state index in [0.29, 0.717) is 35.3 Å². The number of hydrogen-bond acceptors (Lipinski definition) is 7. The molecular formula is C28H40O8. The molecule has 36 heavy (non-hydrogen) atoms. The first-order valence-corrected chi connectivity index (χ1v) is 12.3. The van der Waals surface area contributed by atoms with Crippen LogP contribution in [-0.2, 0) is 16.0 Å². The van der Waals surface area contributed by atoms with E-state index in [1.165, 1.54) is 5.57 Å². The number of carboxylic acid groups (broad SMARTS) is 1. The minimum atomic E-state index is -1.42. The van der Waals surface area contributed by atoms with Crippen molar-refractivity contribution in [2.24, 2.45) is 0 Å². The number of phenolic OH excluding ortho intramolecular Hbond substituents is 1. The van der Waals surface area contributed by atoms with Crippen LogP contribution in [0, 0.1) is 6.92 Å². The predicted octanol–water partition coefficient (Wildman–Crippen LogP) is 3.93. The molecule has 1 aliphatic heterocycles. The number of aliphatic hydroxyl groups excluding tert-OH is 3. The first-order chi connectivity index (χ1) is 16.9. The number of ether oxygens (including phenoxy) is 2. The maximum Gasteiger partial charge on any atom is 0.330 e. The zero-order chi connectivity index (χ0) is 27.0. The van der Waals surface area contributed by atoms with Gasteiger partial charge in [-0.3, -0.25) is 0 Å². The summed E-state index contributed by atoms with van der Waals surface area (Å²) >= 11 is 0. The van der Waals surface area contributed by atoms with Crippen molar-refractivity contribution >= 4 is 5.97 Å². The highest BCUT2D eigenvalue weighted by molar-refractivity contribution is 5.85. The van der Waals surface area contributed by atoms with E-state index in [2.05, 4.69) is 12.2 Å². The van der Waals surface area contributed by atoms with E-state index in [-0.39, 0.29) is 5.75 Å². The summed E-state index contributed by atoms with van der Waals surface area (Å²) in [6.07, 6.45) is 3.76. The van der Waals surface area contributed by atoms with Gasteiger partial charge < -0.3 is 35.0 Å². The topological polar surface area (TPSA) is 137 Å². The third-order valence-electron chi connectivity index (χ3n) is 6.46. The van der Waals surface area contributed by atoms with Crippen LogP contribution < -0.4 is 4.74 Å². The lowest BCUT2D eigenvalue weighted by Crippen LogP contribution is -2.58. The Labute approximate surface area is 213 Å². The van der Waals surface area contributed by atoms with Crippen molar-refractivity contribution < 1.29 is 39.8 Å². The second kappa shape index (κ2) is 13.6. The van der Waals surface area contributed by atoms with Crippen LogP contribution in [0.5, 0.6) is 11.5 Å². The van der Waals surface area contributed by atoms with Crippen LogP contribution in [0.25, 0.3) is 0 Å². The zero-order valence-electron chi connectivity index (χ0n) is 21.8. The highest BCUT2D eigenvalue weighted by Gasteiger charge is 2.43. The molecule has 1 fully saturated rings. The fourth-order valence-corrected chi connectivity index (χ4v) is 3.86. The fourth-order valence-electron chi connectivity index (χ4n) is 3.86. The normalized spacial score (nSPS) is 25.7. The maximum absolute atomic E-state index is 10.8. The Hall–Kier alpha value is -2.65. The third-order valence-corrected chi connectivity index (χ3v) is 6.46. The highest BCUT2D eigenvalue weighted by atomic mass is 16.7. The second-order valence-electron chi connectivity index (χ2n) is 9.62. The van der Waals surface area contributed by atoms with E-state index in [1.54, 1.807) is 39.0 Å². The smallest absolute Gasteiger partial charge is 0.330 e. The molecule has 8 nitrogen and oxygen atoms in total. The predicted molar refractivity (Wildman–Crippen MR) is 137 cm³/mol. The average Bonchev–Trinajstić information content (AvgIpc) is 2.82. The summed E-state index contributed by atoms with van der Waals surface area (Å²) in [6.45, 7) is 9.00. The molecule has 0 amide bonds. The Kier molecular flexibility index (Phi) is 11.2. The first kappa shape index (κ1) is 29.6. The molecule has 1 heterocycles. The van der Waals surface area contributed by atoms with E-state index in [0.717, 1.165) is 24.8 Å². The fraction of sp³-hybridized carbons (Fsp3) is 0.536. The van der Waals surface area contributed by atoms with Crippen molar-refractivity contribution in [3.05, 3.63) is 58.2 Å². The van der Waals surface area contributed by atoms with Crippen LogP contribution in [0.15, 0.2) is 47.1 Å². The van der Waals surface area contributed by atoms with Gasteiger partial charge in [-0.2, -0.15) is 0 Å². The lowest BCUT2D eigenvalue weighted by Gasteiger charge is -2.39. The van der Waals surface area contributed by atoms with Crippen molar-refractivity contribution in [2.75, 3.05) is 0 Å². The van der Waals surface area contributed by atoms with Gasteiger partial charge in [-0.15, -0.1) is 0 Å². The van der Waals surface area contributed by atoms with Gasteiger partial charge in [0.1, 0.15) is 29.8 Å². The van der Waals surface area contributed by atoms with Gasteiger partial charge >= 0.3 is 5.97 Å². The minimum Gasteiger partial charge on any atom is -0.508 e. The number of aryl methyl sites for hydroxylation is 1. The van der Waals surface area contributed by atoms with Crippen molar-refractivity contribution in [3.63, 3.8) is 0 Å². The number of carboxylic acids is 1. The molecule has 1 saturated heterocycles. The van der Waals surface area contributed by atoms with Crippen LogP contribution in [0.3, 0.4) is 0 Å². The zero-order valence-corrected chi connectivity index (χ0v) is 21.8. The van der Waals surface area contributed by atoms with Gasteiger partial charge in [0.15, 0.2) is 0 Å². The Morgan fingerprint density at radius 1 is 0.972 bits per heavy atom. The first-order valence-electron chi connectivity index (χ1n) is 12.3. The van der Waals surface area contributed by atoms with Gasteiger partial charge in [0.25, 0.3) is 0 Å². The molecule has 0 bridgehead atoms. The Bertz CT molecular complexity index is 994. The number of aliphatic carboxylic acids is 1. The number of aromatic hydroxyl groups is 1. The molecular weight excluding hydrogens is 464 g/mol. The van der Waals surface area contributed by atoms with Crippen molar-refractivity contribution in [3.8, 4) is 11.5 Å². The molecule has 5 N–H and O–H groups in total. The summed E-state index contributed by atoms with van der Waals surface area (Å²) in [6, 6.07) is 3.29. The molecule has 0 spiro atoms. The standard InChI is InChI=1S/C28H40O8/c1-16(10-7-11-18(3)27(33)34)8-6-9-17(2)12-13-21-15-22(29)19(4)14-23(21)36-28-26(32)25(31)24(30)20(5)35-28/h8,11-12,14-15,20,24-26,28-32H,6-7,9-10,13H2,1-5H3,(H,33,34)/b16-8+,17-12+,18-11-/t20-,24-,25+,26+,28-/m0/s1. The van der Waals surface area contributed by atoms with E-state index in [9.17, 15) is 25.2 Å².